The van der Waals surface area contributed by atoms with Gasteiger partial charge in [0.1, 0.15) is 0 Å². The maximum atomic E-state index is 11.0. The molecule has 0 spiro atoms. The van der Waals surface area contributed by atoms with E-state index in [0.29, 0.717) is 6.42 Å². The van der Waals surface area contributed by atoms with E-state index in [1.54, 1.807) is 0 Å². The van der Waals surface area contributed by atoms with Crippen molar-refractivity contribution in [3.8, 4) is 0 Å². The lowest BCUT2D eigenvalue weighted by Gasteiger charge is -2.11. The number of rotatable bonds is 5. The van der Waals surface area contributed by atoms with Gasteiger partial charge in [-0.3, -0.25) is 4.79 Å². The number of halogens is 1. The maximum Gasteiger partial charge on any atom is 0.303 e. The molecule has 0 bridgehead atoms. The standard InChI is InChI=1S/C20H20BrNO2/c1-12-3-9-18-20(16(13(2)22-18)8-10-19(23)24)17(12)11-14-4-6-15(21)7-5-14/h3-7,9,22H,8,10-11H2,1-2H3,(H,23,24). The quantitative estimate of drug-likeness (QED) is 0.637. The van der Waals surface area contributed by atoms with Gasteiger partial charge in [-0.25, -0.2) is 0 Å². The van der Waals surface area contributed by atoms with Crippen LogP contribution in [0.25, 0.3) is 10.9 Å². The Bertz CT molecular complexity index is 894. The smallest absolute Gasteiger partial charge is 0.303 e. The minimum Gasteiger partial charge on any atom is -0.481 e. The number of aromatic nitrogens is 1. The van der Waals surface area contributed by atoms with E-state index in [1.165, 1.54) is 22.1 Å². The summed E-state index contributed by atoms with van der Waals surface area (Å²) < 4.78 is 1.07. The number of benzene rings is 2. The lowest BCUT2D eigenvalue weighted by atomic mass is 9.93. The monoisotopic (exact) mass is 385 g/mol. The lowest BCUT2D eigenvalue weighted by Crippen LogP contribution is -2.00. The molecule has 0 saturated heterocycles. The zero-order chi connectivity index (χ0) is 17.3. The number of carboxylic acids is 1. The average Bonchev–Trinajstić information content (AvgIpc) is 2.86. The molecule has 3 rings (SSSR count). The summed E-state index contributed by atoms with van der Waals surface area (Å²) >= 11 is 3.47. The molecule has 1 heterocycles. The molecule has 0 radical (unpaired) electrons. The molecule has 0 atom stereocenters. The number of nitrogens with one attached hydrogen (secondary N) is 1. The molecule has 0 aliphatic rings. The summed E-state index contributed by atoms with van der Waals surface area (Å²) in [4.78, 5) is 14.4. The van der Waals surface area contributed by atoms with Crippen molar-refractivity contribution in [1.29, 1.82) is 0 Å². The van der Waals surface area contributed by atoms with E-state index in [1.807, 2.05) is 6.92 Å². The summed E-state index contributed by atoms with van der Waals surface area (Å²) in [6.45, 7) is 4.15. The van der Waals surface area contributed by atoms with E-state index in [4.69, 9.17) is 5.11 Å². The molecule has 0 amide bonds. The average molecular weight is 386 g/mol. The highest BCUT2D eigenvalue weighted by Crippen LogP contribution is 2.31. The number of aliphatic carboxylic acids is 1. The van der Waals surface area contributed by atoms with Gasteiger partial charge in [0.25, 0.3) is 0 Å². The fourth-order valence-corrected chi connectivity index (χ4v) is 3.51. The Morgan fingerprint density at radius 2 is 1.79 bits per heavy atom. The second-order valence-corrected chi connectivity index (χ2v) is 7.12. The van der Waals surface area contributed by atoms with Crippen LogP contribution >= 0.6 is 15.9 Å². The van der Waals surface area contributed by atoms with Gasteiger partial charge in [0.15, 0.2) is 0 Å². The predicted molar refractivity (Wildman–Crippen MR) is 101 cm³/mol. The Labute approximate surface area is 149 Å². The van der Waals surface area contributed by atoms with Crippen LogP contribution in [-0.4, -0.2) is 16.1 Å². The zero-order valence-corrected chi connectivity index (χ0v) is 15.4. The van der Waals surface area contributed by atoms with Gasteiger partial charge >= 0.3 is 5.97 Å². The first-order chi connectivity index (χ1) is 11.5. The Kier molecular flexibility index (Phi) is 4.76. The largest absolute Gasteiger partial charge is 0.481 e. The SMILES string of the molecule is Cc1ccc2[nH]c(C)c(CCC(=O)O)c2c1Cc1ccc(Br)cc1. The highest BCUT2D eigenvalue weighted by Gasteiger charge is 2.15. The summed E-state index contributed by atoms with van der Waals surface area (Å²) in [6, 6.07) is 12.6. The van der Waals surface area contributed by atoms with Crippen LogP contribution in [0.1, 0.15) is 34.4 Å². The Hall–Kier alpha value is -2.07. The summed E-state index contributed by atoms with van der Waals surface area (Å²) in [5.41, 5.74) is 7.04. The van der Waals surface area contributed by atoms with Crippen molar-refractivity contribution in [2.75, 3.05) is 0 Å². The van der Waals surface area contributed by atoms with E-state index in [-0.39, 0.29) is 6.42 Å². The van der Waals surface area contributed by atoms with Crippen LogP contribution in [-0.2, 0) is 17.6 Å². The highest BCUT2D eigenvalue weighted by molar-refractivity contribution is 9.10. The Balaban J connectivity index is 2.09. The van der Waals surface area contributed by atoms with Gasteiger partial charge in [-0.05, 0) is 67.1 Å². The van der Waals surface area contributed by atoms with Crippen LogP contribution in [0, 0.1) is 13.8 Å². The number of carbonyl (C=O) groups is 1. The maximum absolute atomic E-state index is 11.0. The molecule has 2 N–H and O–H groups in total. The summed E-state index contributed by atoms with van der Waals surface area (Å²) in [7, 11) is 0. The number of hydrogen-bond acceptors (Lipinski definition) is 1. The van der Waals surface area contributed by atoms with E-state index in [0.717, 1.165) is 27.7 Å². The fraction of sp³-hybridized carbons (Fsp3) is 0.250. The highest BCUT2D eigenvalue weighted by atomic mass is 79.9. The third kappa shape index (κ3) is 3.39. The fourth-order valence-electron chi connectivity index (χ4n) is 3.24. The van der Waals surface area contributed by atoms with Gasteiger partial charge in [0.05, 0.1) is 0 Å². The number of fused-ring (bicyclic) bond motifs is 1. The molecule has 3 aromatic rings. The van der Waals surface area contributed by atoms with Crippen LogP contribution < -0.4 is 0 Å². The number of aryl methyl sites for hydroxylation is 3. The third-order valence-electron chi connectivity index (χ3n) is 4.51. The van der Waals surface area contributed by atoms with Crippen LogP contribution in [0.5, 0.6) is 0 Å². The first-order valence-corrected chi connectivity index (χ1v) is 8.81. The number of carboxylic acid groups (broad SMARTS) is 1. The number of hydrogen-bond donors (Lipinski definition) is 2. The molecule has 3 nitrogen and oxygen atoms in total. The van der Waals surface area contributed by atoms with Crippen LogP contribution in [0.15, 0.2) is 40.9 Å². The summed E-state index contributed by atoms with van der Waals surface area (Å²) in [5, 5.41) is 10.2. The van der Waals surface area contributed by atoms with Crippen molar-refractivity contribution in [2.45, 2.75) is 33.1 Å². The summed E-state index contributed by atoms with van der Waals surface area (Å²) in [5.74, 6) is -0.758. The summed E-state index contributed by atoms with van der Waals surface area (Å²) in [6.07, 6.45) is 1.55. The minimum absolute atomic E-state index is 0.152. The molecule has 0 aliphatic carbocycles. The molecule has 0 saturated carbocycles. The molecule has 1 aromatic heterocycles. The number of aromatic amines is 1. The molecule has 0 aliphatic heterocycles. The van der Waals surface area contributed by atoms with Gasteiger partial charge in [0, 0.05) is 27.5 Å². The Morgan fingerprint density at radius 3 is 2.46 bits per heavy atom. The van der Waals surface area contributed by atoms with Crippen molar-refractivity contribution in [2.24, 2.45) is 0 Å². The zero-order valence-electron chi connectivity index (χ0n) is 13.8. The lowest BCUT2D eigenvalue weighted by molar-refractivity contribution is -0.136. The first kappa shape index (κ1) is 16.8. The van der Waals surface area contributed by atoms with Crippen LogP contribution in [0.3, 0.4) is 0 Å². The van der Waals surface area contributed by atoms with Crippen molar-refractivity contribution in [1.82, 2.24) is 4.98 Å². The number of H-pyrrole nitrogens is 1. The van der Waals surface area contributed by atoms with Crippen molar-refractivity contribution in [3.05, 3.63) is 68.8 Å². The topological polar surface area (TPSA) is 53.1 Å². The Morgan fingerprint density at radius 1 is 1.08 bits per heavy atom. The molecule has 2 aromatic carbocycles. The molecular formula is C20H20BrNO2. The van der Waals surface area contributed by atoms with Gasteiger partial charge in [-0.2, -0.15) is 0 Å². The molecular weight excluding hydrogens is 366 g/mol. The predicted octanol–water partition coefficient (Wildman–Crippen LogP) is 5.16. The van der Waals surface area contributed by atoms with E-state index in [9.17, 15) is 4.79 Å². The van der Waals surface area contributed by atoms with Crippen molar-refractivity contribution >= 4 is 32.8 Å². The van der Waals surface area contributed by atoms with Crippen molar-refractivity contribution in [3.63, 3.8) is 0 Å². The second kappa shape index (κ2) is 6.81. The minimum atomic E-state index is -0.758. The van der Waals surface area contributed by atoms with Crippen LogP contribution in [0.2, 0.25) is 0 Å². The van der Waals surface area contributed by atoms with E-state index >= 15 is 0 Å². The van der Waals surface area contributed by atoms with Gasteiger partial charge < -0.3 is 10.1 Å². The normalized spacial score (nSPS) is 11.1. The molecule has 0 unspecified atom stereocenters. The first-order valence-electron chi connectivity index (χ1n) is 8.01. The van der Waals surface area contributed by atoms with Gasteiger partial charge in [-0.1, -0.05) is 34.1 Å². The van der Waals surface area contributed by atoms with E-state index in [2.05, 4.69) is 64.2 Å². The molecule has 124 valence electrons. The third-order valence-corrected chi connectivity index (χ3v) is 5.04. The van der Waals surface area contributed by atoms with Crippen molar-refractivity contribution < 1.29 is 9.90 Å². The van der Waals surface area contributed by atoms with Gasteiger partial charge in [-0.15, -0.1) is 0 Å². The van der Waals surface area contributed by atoms with Crippen LogP contribution in [0.4, 0.5) is 0 Å². The van der Waals surface area contributed by atoms with Gasteiger partial charge in [0.2, 0.25) is 0 Å². The molecule has 24 heavy (non-hydrogen) atoms. The molecule has 4 heteroatoms. The van der Waals surface area contributed by atoms with E-state index < -0.39 is 5.97 Å². The molecule has 0 fully saturated rings. The second-order valence-electron chi connectivity index (χ2n) is 6.21.